The van der Waals surface area contributed by atoms with Crippen LogP contribution in [0.5, 0.6) is 0 Å². The maximum Gasteiger partial charge on any atom is 0.234 e. The molecule has 0 fully saturated rings. The number of hydrogen-bond donors (Lipinski definition) is 1. The van der Waals surface area contributed by atoms with Crippen LogP contribution in [-0.4, -0.2) is 17.8 Å². The van der Waals surface area contributed by atoms with E-state index < -0.39 is 11.6 Å². The summed E-state index contributed by atoms with van der Waals surface area (Å²) in [4.78, 5) is 22.9. The summed E-state index contributed by atoms with van der Waals surface area (Å²) >= 11 is 3.20. The number of benzene rings is 1. The smallest absolute Gasteiger partial charge is 0.234 e. The lowest BCUT2D eigenvalue weighted by atomic mass is 10.0. The van der Waals surface area contributed by atoms with Crippen LogP contribution in [0.15, 0.2) is 40.9 Å². The molecule has 0 radical (unpaired) electrons. The average molecular weight is 266 g/mol. The number of halogens is 1. The normalized spacial score (nSPS) is 9.40. The van der Waals surface area contributed by atoms with E-state index in [1.54, 1.807) is 24.3 Å². The van der Waals surface area contributed by atoms with E-state index >= 15 is 0 Å². The van der Waals surface area contributed by atoms with Gasteiger partial charge in [0, 0.05) is 21.8 Å². The Kier molecular flexibility index (Phi) is 3.68. The predicted octanol–water partition coefficient (Wildman–Crippen LogP) is 2.41. The number of nitrogens with one attached hydrogen (secondary N) is 1. The van der Waals surface area contributed by atoms with Gasteiger partial charge in [-0.3, -0.25) is 9.59 Å². The number of rotatable bonds is 4. The second kappa shape index (κ2) is 4.79. The number of carbonyl (C=O) groups excluding carboxylic acids is 2. The Labute approximate surface area is 95.4 Å². The standard InChI is InChI=1S/C11H8BrNO2/c1-7(6-13)10(14)11(15)8-3-2-4-9(12)5-8/h2-6,13H,1H2. The molecule has 15 heavy (non-hydrogen) atoms. The molecule has 1 N–H and O–H groups in total. The molecule has 76 valence electrons. The maximum atomic E-state index is 11.6. The lowest BCUT2D eigenvalue weighted by Gasteiger charge is -1.99. The lowest BCUT2D eigenvalue weighted by molar-refractivity contribution is -0.111. The molecule has 0 unspecified atom stereocenters. The quantitative estimate of drug-likeness (QED) is 0.393. The van der Waals surface area contributed by atoms with Crippen molar-refractivity contribution in [3.63, 3.8) is 0 Å². The van der Waals surface area contributed by atoms with Crippen molar-refractivity contribution in [2.24, 2.45) is 0 Å². The summed E-state index contributed by atoms with van der Waals surface area (Å²) in [5.41, 5.74) is 0.178. The van der Waals surface area contributed by atoms with Crippen LogP contribution < -0.4 is 0 Å². The van der Waals surface area contributed by atoms with Gasteiger partial charge in [-0.15, -0.1) is 0 Å². The fourth-order valence-corrected chi connectivity index (χ4v) is 1.37. The number of carbonyl (C=O) groups is 2. The molecule has 0 aliphatic carbocycles. The number of ketones is 2. The molecular weight excluding hydrogens is 258 g/mol. The summed E-state index contributed by atoms with van der Waals surface area (Å²) in [6.07, 6.45) is 0.776. The third-order valence-corrected chi connectivity index (χ3v) is 2.25. The van der Waals surface area contributed by atoms with Gasteiger partial charge in [0.05, 0.1) is 0 Å². The minimum Gasteiger partial charge on any atom is -0.308 e. The molecule has 0 spiro atoms. The molecule has 0 saturated heterocycles. The first-order chi connectivity index (χ1) is 7.06. The number of Topliss-reactive ketones (excluding diaryl/α,β-unsaturated/α-hetero) is 2. The Morgan fingerprint density at radius 1 is 1.40 bits per heavy atom. The molecular formula is C11H8BrNO2. The Balaban J connectivity index is 3.00. The SMILES string of the molecule is C=C(C=N)C(=O)C(=O)c1cccc(Br)c1. The average Bonchev–Trinajstić information content (AvgIpc) is 2.26. The fraction of sp³-hybridized carbons (Fsp3) is 0. The van der Waals surface area contributed by atoms with Crippen molar-refractivity contribution in [1.82, 2.24) is 0 Å². The topological polar surface area (TPSA) is 58.0 Å². The zero-order valence-corrected chi connectivity index (χ0v) is 9.37. The summed E-state index contributed by atoms with van der Waals surface area (Å²) in [6.45, 7) is 3.32. The van der Waals surface area contributed by atoms with Gasteiger partial charge in [0.1, 0.15) is 0 Å². The highest BCUT2D eigenvalue weighted by Crippen LogP contribution is 2.13. The second-order valence-electron chi connectivity index (χ2n) is 2.84. The van der Waals surface area contributed by atoms with Crippen molar-refractivity contribution in [2.45, 2.75) is 0 Å². The molecule has 0 aliphatic heterocycles. The summed E-state index contributed by atoms with van der Waals surface area (Å²) in [7, 11) is 0. The Bertz CT molecular complexity index is 452. The lowest BCUT2D eigenvalue weighted by Crippen LogP contribution is -2.16. The molecule has 3 nitrogen and oxygen atoms in total. The first-order valence-electron chi connectivity index (χ1n) is 4.10. The second-order valence-corrected chi connectivity index (χ2v) is 3.75. The summed E-state index contributed by atoms with van der Waals surface area (Å²) in [5.74, 6) is -1.40. The molecule has 0 bridgehead atoms. The van der Waals surface area contributed by atoms with Crippen LogP contribution in [-0.2, 0) is 4.79 Å². The predicted molar refractivity (Wildman–Crippen MR) is 61.4 cm³/mol. The van der Waals surface area contributed by atoms with Crippen molar-refractivity contribution in [2.75, 3.05) is 0 Å². The molecule has 4 heteroatoms. The Morgan fingerprint density at radius 2 is 2.07 bits per heavy atom. The molecule has 0 amide bonds. The van der Waals surface area contributed by atoms with E-state index in [2.05, 4.69) is 22.5 Å². The van der Waals surface area contributed by atoms with Crippen molar-refractivity contribution in [3.8, 4) is 0 Å². The molecule has 0 atom stereocenters. The van der Waals surface area contributed by atoms with Crippen LogP contribution >= 0.6 is 15.9 Å². The minimum absolute atomic E-state index is 0.111. The highest BCUT2D eigenvalue weighted by atomic mass is 79.9. The van der Waals surface area contributed by atoms with Crippen LogP contribution in [0.3, 0.4) is 0 Å². The first-order valence-corrected chi connectivity index (χ1v) is 4.89. The van der Waals surface area contributed by atoms with Gasteiger partial charge in [-0.2, -0.15) is 0 Å². The maximum absolute atomic E-state index is 11.6. The van der Waals surface area contributed by atoms with Gasteiger partial charge in [0.2, 0.25) is 11.6 Å². The van der Waals surface area contributed by atoms with Gasteiger partial charge in [-0.25, -0.2) is 0 Å². The molecule has 1 aromatic carbocycles. The zero-order chi connectivity index (χ0) is 11.4. The van der Waals surface area contributed by atoms with E-state index in [4.69, 9.17) is 5.41 Å². The van der Waals surface area contributed by atoms with Crippen molar-refractivity contribution in [1.29, 1.82) is 5.41 Å². The molecule has 1 rings (SSSR count). The summed E-state index contributed by atoms with van der Waals surface area (Å²) in [6, 6.07) is 6.52. The van der Waals surface area contributed by atoms with Crippen LogP contribution in [0.1, 0.15) is 10.4 Å². The fourth-order valence-electron chi connectivity index (χ4n) is 0.972. The highest BCUT2D eigenvalue weighted by Gasteiger charge is 2.17. The Hall–Kier alpha value is -1.55. The van der Waals surface area contributed by atoms with Gasteiger partial charge >= 0.3 is 0 Å². The van der Waals surface area contributed by atoms with E-state index in [1.165, 1.54) is 0 Å². The van der Waals surface area contributed by atoms with E-state index in [1.807, 2.05) is 0 Å². The van der Waals surface area contributed by atoms with E-state index in [0.717, 1.165) is 10.7 Å². The van der Waals surface area contributed by atoms with Crippen LogP contribution in [0.2, 0.25) is 0 Å². The van der Waals surface area contributed by atoms with Gasteiger partial charge < -0.3 is 5.41 Å². The third-order valence-electron chi connectivity index (χ3n) is 1.76. The highest BCUT2D eigenvalue weighted by molar-refractivity contribution is 9.10. The summed E-state index contributed by atoms with van der Waals surface area (Å²) < 4.78 is 0.724. The van der Waals surface area contributed by atoms with Gasteiger partial charge in [-0.05, 0) is 12.1 Å². The van der Waals surface area contributed by atoms with Gasteiger partial charge in [-0.1, -0.05) is 34.6 Å². The first kappa shape index (κ1) is 11.5. The van der Waals surface area contributed by atoms with Gasteiger partial charge in [0.25, 0.3) is 0 Å². The monoisotopic (exact) mass is 265 g/mol. The molecule has 0 heterocycles. The molecule has 0 saturated carbocycles. The zero-order valence-electron chi connectivity index (χ0n) is 7.79. The number of hydrogen-bond acceptors (Lipinski definition) is 3. The van der Waals surface area contributed by atoms with E-state index in [9.17, 15) is 9.59 Å². The molecule has 1 aromatic rings. The van der Waals surface area contributed by atoms with Crippen molar-refractivity contribution >= 4 is 33.7 Å². The largest absolute Gasteiger partial charge is 0.308 e. The molecule has 0 aromatic heterocycles. The minimum atomic E-state index is -0.747. The van der Waals surface area contributed by atoms with E-state index in [-0.39, 0.29) is 11.1 Å². The van der Waals surface area contributed by atoms with Crippen LogP contribution in [0, 0.1) is 5.41 Å². The number of allylic oxidation sites excluding steroid dienone is 1. The van der Waals surface area contributed by atoms with Crippen molar-refractivity contribution in [3.05, 3.63) is 46.5 Å². The van der Waals surface area contributed by atoms with Crippen molar-refractivity contribution < 1.29 is 9.59 Å². The van der Waals surface area contributed by atoms with Crippen LogP contribution in [0.4, 0.5) is 0 Å². The van der Waals surface area contributed by atoms with Crippen LogP contribution in [0.25, 0.3) is 0 Å². The third kappa shape index (κ3) is 2.70. The van der Waals surface area contributed by atoms with Gasteiger partial charge in [0.15, 0.2) is 0 Å². The molecule has 0 aliphatic rings. The summed E-state index contributed by atoms with van der Waals surface area (Å²) in [5, 5.41) is 6.83. The van der Waals surface area contributed by atoms with E-state index in [0.29, 0.717) is 0 Å². The Morgan fingerprint density at radius 3 is 2.60 bits per heavy atom.